The fourth-order valence-corrected chi connectivity index (χ4v) is 9.56. The largest absolute Gasteiger partial charge is 0.360 e. The molecule has 2 aliphatic heterocycles. The Labute approximate surface area is 429 Å². The van der Waals surface area contributed by atoms with E-state index in [0.717, 1.165) is 77.4 Å². The molecule has 0 spiro atoms. The van der Waals surface area contributed by atoms with E-state index in [0.29, 0.717) is 11.1 Å². The van der Waals surface area contributed by atoms with Crippen LogP contribution in [0.25, 0.3) is 22.0 Å². The summed E-state index contributed by atoms with van der Waals surface area (Å²) in [4.78, 5) is 38.0. The number of hydrogen-bond acceptors (Lipinski definition) is 6. The molecule has 0 aliphatic carbocycles. The molecule has 352 valence electrons. The second-order valence-corrected chi connectivity index (χ2v) is 17.9. The zero-order valence-electron chi connectivity index (χ0n) is 39.8. The van der Waals surface area contributed by atoms with Gasteiger partial charge in [-0.15, -0.1) is 0 Å². The van der Waals surface area contributed by atoms with Gasteiger partial charge in [-0.25, -0.2) is 0 Å². The van der Waals surface area contributed by atoms with Crippen molar-refractivity contribution in [3.63, 3.8) is 0 Å². The predicted octanol–water partition coefficient (Wildman–Crippen LogP) is 16.4. The van der Waals surface area contributed by atoms with Crippen LogP contribution in [-0.4, -0.2) is 16.8 Å². The Hall–Kier alpha value is -8.79. The van der Waals surface area contributed by atoms with Gasteiger partial charge in [0.2, 0.25) is 0 Å². The van der Waals surface area contributed by atoms with Crippen LogP contribution in [0.4, 0.5) is 39.8 Å². The second-order valence-electron chi connectivity index (χ2n) is 16.9. The maximum absolute atomic E-state index is 14.1. The number of nitrogens with zero attached hydrogens (tertiary/aromatic N) is 4. The Kier molecular flexibility index (Phi) is 14.0. The van der Waals surface area contributed by atoms with Gasteiger partial charge in [0, 0.05) is 50.2 Å². The molecule has 0 saturated heterocycles. The number of anilines is 7. The molecule has 2 N–H and O–H groups in total. The van der Waals surface area contributed by atoms with E-state index >= 15 is 0 Å². The summed E-state index contributed by atoms with van der Waals surface area (Å²) in [6.45, 7) is 4.00. The SMILES string of the molecule is CC.O=C1c2ccc3ncccc3c2NC(c2ccc(Br)cc2)N1c1ccccc1.O=C1c2ccccc2NC(c2ccc(N(c3ccccc3)c3ccccc3)cc2)N1c1cccc(-c2ccccc2)c1. The molecule has 10 aromatic rings. The molecule has 2 aliphatic rings. The maximum Gasteiger partial charge on any atom is 0.262 e. The number of pyridine rings is 1. The molecule has 0 saturated carbocycles. The first kappa shape index (κ1) is 46.9. The van der Waals surface area contributed by atoms with Crippen LogP contribution in [-0.2, 0) is 0 Å². The minimum Gasteiger partial charge on any atom is -0.360 e. The van der Waals surface area contributed by atoms with Crippen LogP contribution in [0.5, 0.6) is 0 Å². The minimum absolute atomic E-state index is 0.0289. The highest BCUT2D eigenvalue weighted by atomic mass is 79.9. The van der Waals surface area contributed by atoms with E-state index in [9.17, 15) is 9.59 Å². The number of para-hydroxylation sites is 4. The number of hydrogen-bond donors (Lipinski definition) is 2. The fourth-order valence-electron chi connectivity index (χ4n) is 9.29. The molecule has 72 heavy (non-hydrogen) atoms. The first-order chi connectivity index (χ1) is 35.5. The molecule has 0 bridgehead atoms. The van der Waals surface area contributed by atoms with E-state index < -0.39 is 0 Å². The molecule has 2 amide bonds. The molecule has 1 aromatic heterocycles. The third kappa shape index (κ3) is 9.58. The number of nitrogens with one attached hydrogen (secondary N) is 2. The van der Waals surface area contributed by atoms with E-state index in [1.165, 1.54) is 0 Å². The number of carbonyl (C=O) groups is 2. The van der Waals surface area contributed by atoms with Crippen LogP contribution in [0.1, 0.15) is 58.0 Å². The van der Waals surface area contributed by atoms with Crippen molar-refractivity contribution in [3.8, 4) is 11.1 Å². The van der Waals surface area contributed by atoms with Crippen molar-refractivity contribution in [2.75, 3.05) is 25.3 Å². The van der Waals surface area contributed by atoms with E-state index in [1.54, 1.807) is 6.20 Å². The van der Waals surface area contributed by atoms with E-state index in [-0.39, 0.29) is 24.1 Å². The molecule has 9 aromatic carbocycles. The number of amides is 2. The molecular formula is C63H51BrN6O2. The standard InChI is InChI=1S/C38H29N3O.C23H16BrN3O.C2H6/c42-38-35-21-10-11-22-36(35)39-37(41(38)34-20-12-15-30(27-34)28-13-4-1-5-14-28)29-23-25-33(26-24-29)40(31-16-6-2-7-17-31)32-18-8-3-9-19-32;24-16-10-8-15(9-11-16)22-26-21-18-7-4-14-25-20(18)13-12-19(21)23(28)27(22)17-5-2-1-3-6-17;1-2/h1-27,37,39H;1-14,22,26H;1-2H3. The van der Waals surface area contributed by atoms with Gasteiger partial charge in [0.1, 0.15) is 12.3 Å². The van der Waals surface area contributed by atoms with Crippen molar-refractivity contribution in [2.24, 2.45) is 0 Å². The average molecular weight is 1000 g/mol. The summed E-state index contributed by atoms with van der Waals surface area (Å²) in [5, 5.41) is 8.21. The van der Waals surface area contributed by atoms with Crippen molar-refractivity contribution >= 4 is 78.5 Å². The third-order valence-corrected chi connectivity index (χ3v) is 13.2. The molecule has 2 unspecified atom stereocenters. The maximum atomic E-state index is 14.1. The molecular weight excluding hydrogens is 953 g/mol. The molecule has 12 rings (SSSR count). The number of fused-ring (bicyclic) bond motifs is 4. The number of aromatic nitrogens is 1. The van der Waals surface area contributed by atoms with Crippen LogP contribution in [0.3, 0.4) is 0 Å². The van der Waals surface area contributed by atoms with Crippen LogP contribution >= 0.6 is 15.9 Å². The molecule has 9 heteroatoms. The lowest BCUT2D eigenvalue weighted by Gasteiger charge is -2.38. The van der Waals surface area contributed by atoms with Gasteiger partial charge in [0.25, 0.3) is 11.8 Å². The molecule has 3 heterocycles. The lowest BCUT2D eigenvalue weighted by Crippen LogP contribution is -2.43. The molecule has 2 atom stereocenters. The van der Waals surface area contributed by atoms with Crippen molar-refractivity contribution in [1.29, 1.82) is 0 Å². The van der Waals surface area contributed by atoms with Crippen molar-refractivity contribution < 1.29 is 9.59 Å². The first-order valence-electron chi connectivity index (χ1n) is 24.1. The molecule has 0 radical (unpaired) electrons. The highest BCUT2D eigenvalue weighted by molar-refractivity contribution is 9.10. The summed E-state index contributed by atoms with van der Waals surface area (Å²) >= 11 is 3.49. The number of halogens is 1. The van der Waals surface area contributed by atoms with Gasteiger partial charge in [-0.1, -0.05) is 163 Å². The Morgan fingerprint density at radius 2 is 0.972 bits per heavy atom. The predicted molar refractivity (Wildman–Crippen MR) is 299 cm³/mol. The Morgan fingerprint density at radius 1 is 0.458 bits per heavy atom. The van der Waals surface area contributed by atoms with E-state index in [1.807, 2.05) is 169 Å². The average Bonchev–Trinajstić information content (AvgIpc) is 3.45. The topological polar surface area (TPSA) is 80.8 Å². The summed E-state index contributed by atoms with van der Waals surface area (Å²) in [5.41, 5.74) is 12.9. The van der Waals surface area contributed by atoms with Gasteiger partial charge in [-0.2, -0.15) is 0 Å². The van der Waals surface area contributed by atoms with Gasteiger partial charge in [0.05, 0.1) is 22.3 Å². The van der Waals surface area contributed by atoms with Crippen LogP contribution in [0.15, 0.2) is 253 Å². The van der Waals surface area contributed by atoms with Gasteiger partial charge in [0.15, 0.2) is 0 Å². The van der Waals surface area contributed by atoms with Crippen LogP contribution in [0, 0.1) is 0 Å². The van der Waals surface area contributed by atoms with Gasteiger partial charge in [-0.05, 0) is 131 Å². The van der Waals surface area contributed by atoms with Gasteiger partial charge in [-0.3, -0.25) is 24.4 Å². The van der Waals surface area contributed by atoms with E-state index in [2.05, 4.69) is 134 Å². The summed E-state index contributed by atoms with van der Waals surface area (Å²) in [5.74, 6) is -0.0579. The zero-order chi connectivity index (χ0) is 49.4. The number of carbonyl (C=O) groups excluding carboxylic acids is 2. The third-order valence-electron chi connectivity index (χ3n) is 12.6. The summed E-state index contributed by atoms with van der Waals surface area (Å²) in [6.07, 6.45) is 1.07. The highest BCUT2D eigenvalue weighted by Crippen LogP contribution is 2.42. The normalized spacial score (nSPS) is 14.5. The number of benzene rings is 9. The smallest absolute Gasteiger partial charge is 0.262 e. The molecule has 0 fully saturated rings. The molecule has 8 nitrogen and oxygen atoms in total. The second kappa shape index (κ2) is 21.5. The Balaban J connectivity index is 0.000000172. The highest BCUT2D eigenvalue weighted by Gasteiger charge is 2.36. The Morgan fingerprint density at radius 3 is 1.64 bits per heavy atom. The van der Waals surface area contributed by atoms with Gasteiger partial charge < -0.3 is 15.5 Å². The fraction of sp³-hybridized carbons (Fsp3) is 0.0635. The first-order valence-corrected chi connectivity index (χ1v) is 24.9. The lowest BCUT2D eigenvalue weighted by molar-refractivity contribution is 0.0967. The van der Waals surface area contributed by atoms with Crippen LogP contribution in [0.2, 0.25) is 0 Å². The quantitative estimate of drug-likeness (QED) is 0.158. The minimum atomic E-state index is -0.380. The summed E-state index contributed by atoms with van der Waals surface area (Å²) in [6, 6.07) is 80.8. The zero-order valence-corrected chi connectivity index (χ0v) is 41.4. The van der Waals surface area contributed by atoms with Crippen LogP contribution < -0.4 is 25.3 Å². The number of rotatable bonds is 8. The van der Waals surface area contributed by atoms with Gasteiger partial charge >= 0.3 is 0 Å². The van der Waals surface area contributed by atoms with Crippen molar-refractivity contribution in [2.45, 2.75) is 26.2 Å². The summed E-state index contributed by atoms with van der Waals surface area (Å²) < 4.78 is 1.000. The Bertz CT molecular complexity index is 3410. The lowest BCUT2D eigenvalue weighted by atomic mass is 9.99. The van der Waals surface area contributed by atoms with E-state index in [4.69, 9.17) is 0 Å². The van der Waals surface area contributed by atoms with Crippen molar-refractivity contribution in [3.05, 3.63) is 276 Å². The van der Waals surface area contributed by atoms with Crippen molar-refractivity contribution in [1.82, 2.24) is 4.98 Å². The summed E-state index contributed by atoms with van der Waals surface area (Å²) in [7, 11) is 0. The monoisotopic (exact) mass is 1000 g/mol.